The first-order valence-electron chi connectivity index (χ1n) is 6.56. The van der Waals surface area contributed by atoms with Gasteiger partial charge in [0, 0.05) is 13.1 Å². The Balaban J connectivity index is 4.56. The van der Waals surface area contributed by atoms with Gasteiger partial charge in [-0.15, -0.1) is 0 Å². The van der Waals surface area contributed by atoms with Gasteiger partial charge in [0.1, 0.15) is 6.04 Å². The Morgan fingerprint density at radius 1 is 1.22 bits per heavy atom. The van der Waals surface area contributed by atoms with Gasteiger partial charge in [-0.3, -0.25) is 9.69 Å². The van der Waals surface area contributed by atoms with Gasteiger partial charge in [0.05, 0.1) is 0 Å². The summed E-state index contributed by atoms with van der Waals surface area (Å²) < 4.78 is 0. The van der Waals surface area contributed by atoms with E-state index in [1.165, 1.54) is 0 Å². The molecular weight excluding hydrogens is 228 g/mol. The fourth-order valence-electron chi connectivity index (χ4n) is 1.75. The van der Waals surface area contributed by atoms with Gasteiger partial charge in [-0.2, -0.15) is 0 Å². The molecule has 104 valence electrons. The molecule has 0 saturated heterocycles. The molecule has 4 heteroatoms. The summed E-state index contributed by atoms with van der Waals surface area (Å²) >= 11 is 0. The summed E-state index contributed by atoms with van der Waals surface area (Å²) in [4.78, 5) is 13.3. The highest BCUT2D eigenvalue weighted by atomic mass is 16.4. The van der Waals surface area contributed by atoms with Crippen LogP contribution in [0.2, 0.25) is 0 Å². The third-order valence-electron chi connectivity index (χ3n) is 2.81. The van der Waals surface area contributed by atoms with Crippen molar-refractivity contribution in [3.8, 4) is 0 Å². The van der Waals surface area contributed by atoms with Gasteiger partial charge >= 0.3 is 5.97 Å². The van der Waals surface area contributed by atoms with Crippen molar-refractivity contribution >= 4 is 5.97 Å². The standard InChI is InChI=1S/C14H26N2O2/c1-3-5-11-16(12-6-4-2)13(14(17)18)9-7-8-10-15/h3-6,13H,7-12,15H2,1-2H3,(H,17,18)/b5-3+,6-4+/t13-/m0/s1. The lowest BCUT2D eigenvalue weighted by molar-refractivity contribution is -0.143. The van der Waals surface area contributed by atoms with Crippen LogP contribution in [0.25, 0.3) is 0 Å². The van der Waals surface area contributed by atoms with Crippen molar-refractivity contribution in [3.05, 3.63) is 24.3 Å². The predicted molar refractivity (Wildman–Crippen MR) is 75.5 cm³/mol. The molecule has 0 aliphatic heterocycles. The van der Waals surface area contributed by atoms with Gasteiger partial charge in [-0.1, -0.05) is 30.7 Å². The molecule has 4 nitrogen and oxygen atoms in total. The zero-order chi connectivity index (χ0) is 13.8. The lowest BCUT2D eigenvalue weighted by Crippen LogP contribution is -2.41. The molecule has 0 aromatic heterocycles. The van der Waals surface area contributed by atoms with Crippen LogP contribution in [0.15, 0.2) is 24.3 Å². The number of carbonyl (C=O) groups is 1. The highest BCUT2D eigenvalue weighted by Crippen LogP contribution is 2.10. The predicted octanol–water partition coefficient (Wildman–Crippen LogP) is 2.02. The van der Waals surface area contributed by atoms with Gasteiger partial charge in [-0.25, -0.2) is 0 Å². The van der Waals surface area contributed by atoms with E-state index in [-0.39, 0.29) is 0 Å². The Labute approximate surface area is 110 Å². The van der Waals surface area contributed by atoms with Crippen LogP contribution in [0.5, 0.6) is 0 Å². The van der Waals surface area contributed by atoms with Gasteiger partial charge in [0.2, 0.25) is 0 Å². The summed E-state index contributed by atoms with van der Waals surface area (Å²) in [5.41, 5.74) is 5.44. The van der Waals surface area contributed by atoms with Crippen molar-refractivity contribution < 1.29 is 9.90 Å². The fraction of sp³-hybridized carbons (Fsp3) is 0.643. The number of rotatable bonds is 10. The SMILES string of the molecule is C/C=C/CN(C/C=C/C)[C@@H](CCCCN)C(=O)O. The zero-order valence-corrected chi connectivity index (χ0v) is 11.5. The van der Waals surface area contributed by atoms with E-state index in [4.69, 9.17) is 5.73 Å². The third kappa shape index (κ3) is 7.25. The lowest BCUT2D eigenvalue weighted by Gasteiger charge is -2.26. The van der Waals surface area contributed by atoms with Crippen molar-refractivity contribution in [2.45, 2.75) is 39.2 Å². The van der Waals surface area contributed by atoms with Gasteiger partial charge in [-0.05, 0) is 33.2 Å². The van der Waals surface area contributed by atoms with Gasteiger partial charge in [0.15, 0.2) is 0 Å². The Kier molecular flexibility index (Phi) is 10.3. The molecule has 0 aliphatic rings. The van der Waals surface area contributed by atoms with E-state index < -0.39 is 12.0 Å². The van der Waals surface area contributed by atoms with E-state index in [9.17, 15) is 9.90 Å². The maximum Gasteiger partial charge on any atom is 0.320 e. The average Bonchev–Trinajstić information content (AvgIpc) is 2.35. The normalized spacial score (nSPS) is 13.8. The quantitative estimate of drug-likeness (QED) is 0.462. The van der Waals surface area contributed by atoms with E-state index in [0.717, 1.165) is 12.8 Å². The van der Waals surface area contributed by atoms with E-state index in [1.54, 1.807) is 0 Å². The Hall–Kier alpha value is -1.13. The molecule has 18 heavy (non-hydrogen) atoms. The van der Waals surface area contributed by atoms with Crippen LogP contribution in [0.1, 0.15) is 33.1 Å². The minimum absolute atomic E-state index is 0.427. The fourth-order valence-corrected chi connectivity index (χ4v) is 1.75. The first-order valence-corrected chi connectivity index (χ1v) is 6.56. The second-order valence-corrected chi connectivity index (χ2v) is 4.23. The molecule has 0 fully saturated rings. The molecule has 3 N–H and O–H groups in total. The molecule has 0 unspecified atom stereocenters. The second kappa shape index (κ2) is 11.0. The van der Waals surface area contributed by atoms with Gasteiger partial charge in [0.25, 0.3) is 0 Å². The molecule has 0 saturated carbocycles. The van der Waals surface area contributed by atoms with E-state index >= 15 is 0 Å². The smallest absolute Gasteiger partial charge is 0.320 e. The van der Waals surface area contributed by atoms with E-state index in [2.05, 4.69) is 0 Å². The number of nitrogens with zero attached hydrogens (tertiary/aromatic N) is 1. The molecule has 0 aromatic rings. The molecule has 0 bridgehead atoms. The van der Waals surface area contributed by atoms with Crippen molar-refractivity contribution in [3.63, 3.8) is 0 Å². The number of nitrogens with two attached hydrogens (primary N) is 1. The van der Waals surface area contributed by atoms with Crippen LogP contribution in [0.3, 0.4) is 0 Å². The van der Waals surface area contributed by atoms with E-state index in [1.807, 2.05) is 43.1 Å². The molecule has 0 rings (SSSR count). The van der Waals surface area contributed by atoms with E-state index in [0.29, 0.717) is 26.1 Å². The molecule has 0 spiro atoms. The van der Waals surface area contributed by atoms with Gasteiger partial charge < -0.3 is 10.8 Å². The van der Waals surface area contributed by atoms with Crippen LogP contribution < -0.4 is 5.73 Å². The van der Waals surface area contributed by atoms with Crippen LogP contribution in [-0.2, 0) is 4.79 Å². The number of unbranched alkanes of at least 4 members (excludes halogenated alkanes) is 1. The van der Waals surface area contributed by atoms with Crippen molar-refractivity contribution in [2.75, 3.05) is 19.6 Å². The minimum atomic E-state index is -0.749. The zero-order valence-electron chi connectivity index (χ0n) is 11.5. The molecule has 0 aromatic carbocycles. The highest BCUT2D eigenvalue weighted by Gasteiger charge is 2.23. The summed E-state index contributed by atoms with van der Waals surface area (Å²) in [6.45, 7) is 5.84. The van der Waals surface area contributed by atoms with Crippen LogP contribution in [0.4, 0.5) is 0 Å². The molecule has 0 heterocycles. The van der Waals surface area contributed by atoms with Crippen LogP contribution >= 0.6 is 0 Å². The Morgan fingerprint density at radius 2 is 1.78 bits per heavy atom. The van der Waals surface area contributed by atoms with Crippen molar-refractivity contribution in [1.29, 1.82) is 0 Å². The number of hydrogen-bond donors (Lipinski definition) is 2. The maximum atomic E-state index is 11.3. The summed E-state index contributed by atoms with van der Waals surface area (Å²) in [6, 6.07) is -0.427. The molecule has 0 aliphatic carbocycles. The maximum absolute atomic E-state index is 11.3. The number of carboxylic acid groups (broad SMARTS) is 1. The topological polar surface area (TPSA) is 66.6 Å². The minimum Gasteiger partial charge on any atom is -0.480 e. The third-order valence-corrected chi connectivity index (χ3v) is 2.81. The Morgan fingerprint density at radius 3 is 2.17 bits per heavy atom. The summed E-state index contributed by atoms with van der Waals surface area (Å²) in [6.07, 6.45) is 10.3. The lowest BCUT2D eigenvalue weighted by atomic mass is 10.1. The van der Waals surface area contributed by atoms with Crippen molar-refractivity contribution in [2.24, 2.45) is 5.73 Å². The summed E-state index contributed by atoms with van der Waals surface area (Å²) in [7, 11) is 0. The van der Waals surface area contributed by atoms with Crippen molar-refractivity contribution in [1.82, 2.24) is 4.90 Å². The average molecular weight is 254 g/mol. The van der Waals surface area contributed by atoms with Crippen LogP contribution in [-0.4, -0.2) is 41.7 Å². The number of carboxylic acids is 1. The summed E-state index contributed by atoms with van der Waals surface area (Å²) in [5.74, 6) is -0.749. The monoisotopic (exact) mass is 254 g/mol. The number of aliphatic carboxylic acids is 1. The first-order chi connectivity index (χ1) is 8.67. The molecule has 0 amide bonds. The molecule has 0 radical (unpaired) electrons. The first kappa shape index (κ1) is 16.9. The molecule has 1 atom stereocenters. The number of allylic oxidation sites excluding steroid dienone is 2. The summed E-state index contributed by atoms with van der Waals surface area (Å²) in [5, 5.41) is 9.32. The second-order valence-electron chi connectivity index (χ2n) is 4.23. The van der Waals surface area contributed by atoms with Crippen LogP contribution in [0, 0.1) is 0 Å². The largest absolute Gasteiger partial charge is 0.480 e. The molecular formula is C14H26N2O2. The highest BCUT2D eigenvalue weighted by molar-refractivity contribution is 5.73. The Bertz CT molecular complexity index is 261. The number of hydrogen-bond acceptors (Lipinski definition) is 3.